The number of aromatic nitrogens is 1. The molecule has 112 valence electrons. The van der Waals surface area contributed by atoms with E-state index in [2.05, 4.69) is 17.2 Å². The number of hydrogen-bond donors (Lipinski definition) is 1. The van der Waals surface area contributed by atoms with Crippen LogP contribution in [0.2, 0.25) is 0 Å². The number of carbonyl (C=O) groups is 1. The average Bonchev–Trinajstić information content (AvgIpc) is 2.97. The lowest BCUT2D eigenvalue weighted by Gasteiger charge is -2.19. The van der Waals surface area contributed by atoms with Crippen LogP contribution in [0.15, 0.2) is 29.8 Å². The molecule has 0 radical (unpaired) electrons. The maximum atomic E-state index is 12.6. The molecule has 0 aliphatic heterocycles. The van der Waals surface area contributed by atoms with E-state index in [-0.39, 0.29) is 5.91 Å². The molecular weight excluding hydrogens is 282 g/mol. The first-order valence-electron chi connectivity index (χ1n) is 7.10. The van der Waals surface area contributed by atoms with Gasteiger partial charge in [0, 0.05) is 30.4 Å². The number of amides is 1. The van der Waals surface area contributed by atoms with Crippen LogP contribution in [0, 0.1) is 6.92 Å². The number of rotatable bonds is 6. The number of aryl methyl sites for hydroxylation is 1. The van der Waals surface area contributed by atoms with Gasteiger partial charge in [0.15, 0.2) is 0 Å². The van der Waals surface area contributed by atoms with E-state index in [0.717, 1.165) is 24.3 Å². The summed E-state index contributed by atoms with van der Waals surface area (Å²) in [6.45, 7) is 5.50. The van der Waals surface area contributed by atoms with Crippen molar-refractivity contribution in [3.63, 3.8) is 0 Å². The Morgan fingerprint density at radius 2 is 2.29 bits per heavy atom. The van der Waals surface area contributed by atoms with E-state index in [1.807, 2.05) is 37.6 Å². The first-order chi connectivity index (χ1) is 10.1. The molecule has 0 unspecified atom stereocenters. The Bertz CT molecular complexity index is 596. The highest BCUT2D eigenvalue weighted by Crippen LogP contribution is 2.19. The van der Waals surface area contributed by atoms with Gasteiger partial charge in [-0.1, -0.05) is 13.0 Å². The maximum absolute atomic E-state index is 12.6. The zero-order valence-electron chi connectivity index (χ0n) is 12.7. The molecule has 0 aliphatic carbocycles. The molecule has 0 saturated carbocycles. The number of nitrogens with one attached hydrogen (secondary N) is 1. The standard InChI is InChI=1S/C16H21N3OS/c1-4-7-17-15-9-12(2)18-10-14(15)16(20)19(3)11-13-6-5-8-21-13/h5-6,8-10H,4,7,11H2,1-3H3,(H,17,18). The molecular formula is C16H21N3OS. The summed E-state index contributed by atoms with van der Waals surface area (Å²) < 4.78 is 0. The van der Waals surface area contributed by atoms with Crippen LogP contribution in [0.3, 0.4) is 0 Å². The van der Waals surface area contributed by atoms with Gasteiger partial charge in [0.25, 0.3) is 5.91 Å². The van der Waals surface area contributed by atoms with Gasteiger partial charge in [-0.25, -0.2) is 0 Å². The summed E-state index contributed by atoms with van der Waals surface area (Å²) in [5, 5.41) is 5.34. The summed E-state index contributed by atoms with van der Waals surface area (Å²) in [4.78, 5) is 19.8. The average molecular weight is 303 g/mol. The molecule has 0 bridgehead atoms. The van der Waals surface area contributed by atoms with Gasteiger partial charge in [0.1, 0.15) is 0 Å². The summed E-state index contributed by atoms with van der Waals surface area (Å²) in [6.07, 6.45) is 2.68. The Labute approximate surface area is 129 Å². The summed E-state index contributed by atoms with van der Waals surface area (Å²) in [5.41, 5.74) is 2.41. The van der Waals surface area contributed by atoms with E-state index in [9.17, 15) is 4.79 Å². The van der Waals surface area contributed by atoms with Crippen molar-refractivity contribution in [2.75, 3.05) is 18.9 Å². The number of pyridine rings is 1. The first kappa shape index (κ1) is 15.5. The minimum atomic E-state index is -0.00509. The van der Waals surface area contributed by atoms with Gasteiger partial charge in [-0.15, -0.1) is 11.3 Å². The molecule has 2 aromatic rings. The fourth-order valence-electron chi connectivity index (χ4n) is 2.05. The predicted octanol–water partition coefficient (Wildman–Crippen LogP) is 3.55. The molecule has 21 heavy (non-hydrogen) atoms. The van der Waals surface area contributed by atoms with Crippen molar-refractivity contribution in [1.82, 2.24) is 9.88 Å². The second-order valence-corrected chi connectivity index (χ2v) is 6.07. The van der Waals surface area contributed by atoms with Crippen LogP contribution in [-0.2, 0) is 6.54 Å². The van der Waals surface area contributed by atoms with Gasteiger partial charge in [-0.2, -0.15) is 0 Å². The molecule has 0 atom stereocenters. The molecule has 1 N–H and O–H groups in total. The van der Waals surface area contributed by atoms with Crippen LogP contribution in [-0.4, -0.2) is 29.4 Å². The van der Waals surface area contributed by atoms with Crippen LogP contribution in [0.25, 0.3) is 0 Å². The Hall–Kier alpha value is -1.88. The minimum absolute atomic E-state index is 0.00509. The fourth-order valence-corrected chi connectivity index (χ4v) is 2.81. The van der Waals surface area contributed by atoms with E-state index >= 15 is 0 Å². The SMILES string of the molecule is CCCNc1cc(C)ncc1C(=O)N(C)Cc1cccs1. The minimum Gasteiger partial charge on any atom is -0.384 e. The van der Waals surface area contributed by atoms with E-state index < -0.39 is 0 Å². The van der Waals surface area contributed by atoms with Crippen molar-refractivity contribution in [3.05, 3.63) is 45.9 Å². The topological polar surface area (TPSA) is 45.2 Å². The number of hydrogen-bond acceptors (Lipinski definition) is 4. The van der Waals surface area contributed by atoms with Gasteiger partial charge in [-0.3, -0.25) is 9.78 Å². The van der Waals surface area contributed by atoms with Crippen molar-refractivity contribution in [1.29, 1.82) is 0 Å². The lowest BCUT2D eigenvalue weighted by molar-refractivity contribution is 0.0787. The highest BCUT2D eigenvalue weighted by Gasteiger charge is 2.17. The molecule has 0 spiro atoms. The third kappa shape index (κ3) is 4.04. The van der Waals surface area contributed by atoms with Crippen molar-refractivity contribution < 1.29 is 4.79 Å². The van der Waals surface area contributed by atoms with E-state index in [4.69, 9.17) is 0 Å². The molecule has 0 aliphatic rings. The third-order valence-corrected chi connectivity index (χ3v) is 4.02. The number of carbonyl (C=O) groups excluding carboxylic acids is 1. The molecule has 2 aromatic heterocycles. The zero-order chi connectivity index (χ0) is 15.2. The van der Waals surface area contributed by atoms with Gasteiger partial charge in [-0.05, 0) is 30.9 Å². The van der Waals surface area contributed by atoms with Crippen LogP contribution in [0.4, 0.5) is 5.69 Å². The molecule has 0 fully saturated rings. The van der Waals surface area contributed by atoms with E-state index in [1.54, 1.807) is 22.4 Å². The van der Waals surface area contributed by atoms with Gasteiger partial charge in [0.2, 0.25) is 0 Å². The van der Waals surface area contributed by atoms with E-state index in [0.29, 0.717) is 12.1 Å². The summed E-state index contributed by atoms with van der Waals surface area (Å²) in [7, 11) is 1.82. The molecule has 2 heterocycles. The summed E-state index contributed by atoms with van der Waals surface area (Å²) in [6, 6.07) is 5.97. The van der Waals surface area contributed by atoms with Crippen molar-refractivity contribution >= 4 is 22.9 Å². The molecule has 0 aromatic carbocycles. The Morgan fingerprint density at radius 3 is 2.95 bits per heavy atom. The van der Waals surface area contributed by atoms with Gasteiger partial charge < -0.3 is 10.2 Å². The van der Waals surface area contributed by atoms with Crippen molar-refractivity contribution in [2.45, 2.75) is 26.8 Å². The normalized spacial score (nSPS) is 10.4. The lowest BCUT2D eigenvalue weighted by atomic mass is 10.1. The summed E-state index contributed by atoms with van der Waals surface area (Å²) >= 11 is 1.66. The van der Waals surface area contributed by atoms with Crippen molar-refractivity contribution in [3.8, 4) is 0 Å². The second-order valence-electron chi connectivity index (χ2n) is 5.04. The van der Waals surface area contributed by atoms with Crippen LogP contribution < -0.4 is 5.32 Å². The first-order valence-corrected chi connectivity index (χ1v) is 7.98. The second kappa shape index (κ2) is 7.22. The predicted molar refractivity (Wildman–Crippen MR) is 87.9 cm³/mol. The largest absolute Gasteiger partial charge is 0.384 e. The third-order valence-electron chi connectivity index (χ3n) is 3.16. The lowest BCUT2D eigenvalue weighted by Crippen LogP contribution is -2.27. The number of anilines is 1. The summed E-state index contributed by atoms with van der Waals surface area (Å²) in [5.74, 6) is -0.00509. The quantitative estimate of drug-likeness (QED) is 0.887. The van der Waals surface area contributed by atoms with Crippen LogP contribution >= 0.6 is 11.3 Å². The molecule has 5 heteroatoms. The zero-order valence-corrected chi connectivity index (χ0v) is 13.5. The van der Waals surface area contributed by atoms with Crippen LogP contribution in [0.1, 0.15) is 34.3 Å². The Balaban J connectivity index is 2.17. The molecule has 0 saturated heterocycles. The highest BCUT2D eigenvalue weighted by molar-refractivity contribution is 7.09. The highest BCUT2D eigenvalue weighted by atomic mass is 32.1. The monoisotopic (exact) mass is 303 g/mol. The number of thiophene rings is 1. The number of nitrogens with zero attached hydrogens (tertiary/aromatic N) is 2. The molecule has 4 nitrogen and oxygen atoms in total. The Morgan fingerprint density at radius 1 is 1.48 bits per heavy atom. The molecule has 2 rings (SSSR count). The van der Waals surface area contributed by atoms with Crippen molar-refractivity contribution in [2.24, 2.45) is 0 Å². The van der Waals surface area contributed by atoms with E-state index in [1.165, 1.54) is 4.88 Å². The Kier molecular flexibility index (Phi) is 5.33. The maximum Gasteiger partial charge on any atom is 0.257 e. The van der Waals surface area contributed by atoms with Crippen LogP contribution in [0.5, 0.6) is 0 Å². The molecule has 1 amide bonds. The fraction of sp³-hybridized carbons (Fsp3) is 0.375. The smallest absolute Gasteiger partial charge is 0.257 e. The van der Waals surface area contributed by atoms with Gasteiger partial charge in [0.05, 0.1) is 17.8 Å². The van der Waals surface area contributed by atoms with Gasteiger partial charge >= 0.3 is 0 Å².